The first-order valence-corrected chi connectivity index (χ1v) is 17.2. The number of carboxylic acids is 2. The topological polar surface area (TPSA) is 156 Å². The molecule has 3 aromatic carbocycles. The number of halogens is 2. The number of amides is 3. The number of fused-ring (bicyclic) bond motifs is 1. The van der Waals surface area contributed by atoms with Gasteiger partial charge in [0.15, 0.2) is 5.78 Å². The van der Waals surface area contributed by atoms with E-state index >= 15 is 0 Å². The van der Waals surface area contributed by atoms with Crippen LogP contribution in [0.5, 0.6) is 0 Å². The molecular formula is C39H40F2N4O8. The average Bonchev–Trinajstić information content (AvgIpc) is 3.12. The molecule has 12 nitrogen and oxygen atoms in total. The fourth-order valence-corrected chi connectivity index (χ4v) is 6.77. The molecule has 53 heavy (non-hydrogen) atoms. The molecule has 0 spiro atoms. The Morgan fingerprint density at radius 3 is 2.28 bits per heavy atom. The first-order chi connectivity index (χ1) is 25.4. The number of hydrazine groups is 1. The summed E-state index contributed by atoms with van der Waals surface area (Å²) in [4.78, 5) is 80.4. The molecule has 2 saturated heterocycles. The van der Waals surface area contributed by atoms with Gasteiger partial charge in [-0.3, -0.25) is 28.8 Å². The standard InChI is InChI=1S/C39H40F2N4O8/c1-2-18-43-24-36(48)44-32(19-26-8-11-27(12-9-26)33(46)20-28(39(52)53)14-17-37(49)50)38(51)42(22-29-13-15-30(40)21-31(29)41)23-34(44)45(43)35(47)16-10-25-6-4-3-5-7-25/h2-9,11-13,15,21,28,32,34H,1,10,14,16-20,22-24H2,(H,49,50)(H,52,53)/t28-,32+,34+/m1/s1. The van der Waals surface area contributed by atoms with Crippen molar-refractivity contribution in [1.29, 1.82) is 0 Å². The van der Waals surface area contributed by atoms with E-state index in [2.05, 4.69) is 6.58 Å². The maximum atomic E-state index is 14.9. The number of ketones is 1. The molecule has 0 radical (unpaired) electrons. The second-order valence-corrected chi connectivity index (χ2v) is 13.1. The number of rotatable bonds is 16. The number of hydrogen-bond donors (Lipinski definition) is 2. The highest BCUT2D eigenvalue weighted by Crippen LogP contribution is 2.30. The second-order valence-electron chi connectivity index (χ2n) is 13.1. The third kappa shape index (κ3) is 9.38. The highest BCUT2D eigenvalue weighted by Gasteiger charge is 2.51. The fraction of sp³-hybridized carbons (Fsp3) is 0.333. The van der Waals surface area contributed by atoms with Crippen LogP contribution in [0, 0.1) is 17.6 Å². The van der Waals surface area contributed by atoms with Crippen molar-refractivity contribution in [2.75, 3.05) is 19.6 Å². The van der Waals surface area contributed by atoms with Crippen molar-refractivity contribution in [2.24, 2.45) is 5.92 Å². The van der Waals surface area contributed by atoms with Crippen molar-refractivity contribution in [1.82, 2.24) is 19.8 Å². The summed E-state index contributed by atoms with van der Waals surface area (Å²) in [5, 5.41) is 21.5. The number of Topliss-reactive ketones (excluding diaryl/α,β-unsaturated/α-hetero) is 1. The Labute approximate surface area is 304 Å². The minimum absolute atomic E-state index is 0.0399. The van der Waals surface area contributed by atoms with Crippen LogP contribution in [0.3, 0.4) is 0 Å². The Balaban J connectivity index is 1.44. The lowest BCUT2D eigenvalue weighted by Crippen LogP contribution is -2.75. The van der Waals surface area contributed by atoms with E-state index in [1.807, 2.05) is 30.3 Å². The predicted octanol–water partition coefficient (Wildman–Crippen LogP) is 4.09. The molecule has 2 aliphatic heterocycles. The number of aliphatic carboxylic acids is 2. The van der Waals surface area contributed by atoms with Gasteiger partial charge in [-0.1, -0.05) is 66.7 Å². The van der Waals surface area contributed by atoms with Gasteiger partial charge in [0, 0.05) is 56.0 Å². The van der Waals surface area contributed by atoms with Crippen LogP contribution in [0.25, 0.3) is 0 Å². The number of carbonyl (C=O) groups excluding carboxylic acids is 4. The number of benzene rings is 3. The smallest absolute Gasteiger partial charge is 0.306 e. The van der Waals surface area contributed by atoms with Crippen LogP contribution in [0.15, 0.2) is 85.5 Å². The SMILES string of the molecule is C=CCN1CC(=O)N2[C@@H](Cc3ccc(C(=O)C[C@@H](CCC(=O)O)C(=O)O)cc3)C(=O)N(Cc3ccc(F)cc3F)C[C@@H]2N1C(=O)CCc1ccccc1. The van der Waals surface area contributed by atoms with Crippen molar-refractivity contribution in [2.45, 2.75) is 57.3 Å². The Morgan fingerprint density at radius 2 is 1.64 bits per heavy atom. The summed E-state index contributed by atoms with van der Waals surface area (Å²) in [6.07, 6.45) is 0.0489. The van der Waals surface area contributed by atoms with E-state index in [0.29, 0.717) is 12.0 Å². The molecule has 5 rings (SSSR count). The lowest BCUT2D eigenvalue weighted by molar-refractivity contribution is -0.205. The predicted molar refractivity (Wildman–Crippen MR) is 187 cm³/mol. The highest BCUT2D eigenvalue weighted by atomic mass is 19.1. The molecule has 0 unspecified atom stereocenters. The zero-order chi connectivity index (χ0) is 38.2. The minimum Gasteiger partial charge on any atom is -0.481 e. The number of piperazine rings is 1. The molecule has 3 amide bonds. The summed E-state index contributed by atoms with van der Waals surface area (Å²) in [5.74, 6) is -7.01. The van der Waals surface area contributed by atoms with E-state index in [9.17, 15) is 42.7 Å². The summed E-state index contributed by atoms with van der Waals surface area (Å²) in [7, 11) is 0. The van der Waals surface area contributed by atoms with E-state index < -0.39 is 72.1 Å². The van der Waals surface area contributed by atoms with Gasteiger partial charge in [-0.2, -0.15) is 0 Å². The van der Waals surface area contributed by atoms with Gasteiger partial charge >= 0.3 is 11.9 Å². The van der Waals surface area contributed by atoms with Gasteiger partial charge in [-0.15, -0.1) is 6.58 Å². The van der Waals surface area contributed by atoms with Gasteiger partial charge in [0.25, 0.3) is 0 Å². The summed E-state index contributed by atoms with van der Waals surface area (Å²) in [6.45, 7) is 3.32. The second kappa shape index (κ2) is 17.2. The summed E-state index contributed by atoms with van der Waals surface area (Å²) in [5.41, 5.74) is 1.70. The molecule has 2 aliphatic rings. The van der Waals surface area contributed by atoms with Crippen LogP contribution in [0.4, 0.5) is 8.78 Å². The first-order valence-electron chi connectivity index (χ1n) is 17.2. The quantitative estimate of drug-likeness (QED) is 0.164. The van der Waals surface area contributed by atoms with Gasteiger partial charge in [-0.05, 0) is 30.0 Å². The van der Waals surface area contributed by atoms with E-state index in [1.54, 1.807) is 23.2 Å². The van der Waals surface area contributed by atoms with Crippen molar-refractivity contribution >= 4 is 35.4 Å². The zero-order valence-electron chi connectivity index (χ0n) is 28.9. The van der Waals surface area contributed by atoms with E-state index in [4.69, 9.17) is 5.11 Å². The van der Waals surface area contributed by atoms with Crippen LogP contribution in [0.1, 0.15) is 52.7 Å². The van der Waals surface area contributed by atoms with E-state index in [-0.39, 0.29) is 62.5 Å². The van der Waals surface area contributed by atoms with E-state index in [1.165, 1.54) is 33.0 Å². The van der Waals surface area contributed by atoms with Crippen molar-refractivity contribution in [3.8, 4) is 0 Å². The number of carbonyl (C=O) groups is 6. The molecule has 14 heteroatoms. The lowest BCUT2D eigenvalue weighted by Gasteiger charge is -2.55. The lowest BCUT2D eigenvalue weighted by atomic mass is 9.93. The third-order valence-corrected chi connectivity index (χ3v) is 9.46. The number of nitrogens with zero attached hydrogens (tertiary/aromatic N) is 4. The van der Waals surface area contributed by atoms with Crippen LogP contribution in [-0.4, -0.2) is 97.3 Å². The van der Waals surface area contributed by atoms with Crippen molar-refractivity contribution in [3.05, 3.63) is 119 Å². The molecule has 0 aliphatic carbocycles. The molecule has 0 bridgehead atoms. The Kier molecular flexibility index (Phi) is 12.5. The number of carboxylic acid groups (broad SMARTS) is 2. The Morgan fingerprint density at radius 1 is 0.925 bits per heavy atom. The van der Waals surface area contributed by atoms with Crippen LogP contribution in [-0.2, 0) is 43.4 Å². The van der Waals surface area contributed by atoms with Gasteiger partial charge in [0.05, 0.1) is 19.0 Å². The monoisotopic (exact) mass is 730 g/mol. The molecule has 2 heterocycles. The largest absolute Gasteiger partial charge is 0.481 e. The molecular weight excluding hydrogens is 690 g/mol. The van der Waals surface area contributed by atoms with Gasteiger partial charge in [-0.25, -0.2) is 18.8 Å². The molecule has 0 saturated carbocycles. The Hall–Kier alpha value is -5.76. The minimum atomic E-state index is -1.28. The molecule has 278 valence electrons. The normalized spacial score (nSPS) is 18.0. The molecule has 3 aromatic rings. The maximum absolute atomic E-state index is 14.9. The molecule has 2 fully saturated rings. The van der Waals surface area contributed by atoms with E-state index in [0.717, 1.165) is 17.7 Å². The van der Waals surface area contributed by atoms with Crippen molar-refractivity contribution < 1.29 is 47.8 Å². The third-order valence-electron chi connectivity index (χ3n) is 9.46. The van der Waals surface area contributed by atoms with Gasteiger partial charge < -0.3 is 20.0 Å². The van der Waals surface area contributed by atoms with Gasteiger partial charge in [0.2, 0.25) is 17.7 Å². The fourth-order valence-electron chi connectivity index (χ4n) is 6.77. The molecule has 0 aromatic heterocycles. The van der Waals surface area contributed by atoms with Crippen molar-refractivity contribution in [3.63, 3.8) is 0 Å². The zero-order valence-corrected chi connectivity index (χ0v) is 28.9. The maximum Gasteiger partial charge on any atom is 0.306 e. The summed E-state index contributed by atoms with van der Waals surface area (Å²) in [6, 6.07) is 17.4. The number of aryl methyl sites for hydroxylation is 1. The average molecular weight is 731 g/mol. The molecule has 2 N–H and O–H groups in total. The first kappa shape index (κ1) is 38.5. The van der Waals surface area contributed by atoms with Crippen LogP contribution in [0.2, 0.25) is 0 Å². The highest BCUT2D eigenvalue weighted by molar-refractivity contribution is 5.98. The molecule has 3 atom stereocenters. The van der Waals surface area contributed by atoms with Crippen LogP contribution >= 0.6 is 0 Å². The Bertz CT molecular complexity index is 1870. The summed E-state index contributed by atoms with van der Waals surface area (Å²) < 4.78 is 28.7. The van der Waals surface area contributed by atoms with Gasteiger partial charge in [0.1, 0.15) is 23.8 Å². The number of hydrogen-bond acceptors (Lipinski definition) is 7. The van der Waals surface area contributed by atoms with Crippen LogP contribution < -0.4 is 0 Å². The summed E-state index contributed by atoms with van der Waals surface area (Å²) >= 11 is 0.